The van der Waals surface area contributed by atoms with Gasteiger partial charge in [0, 0.05) is 44.2 Å². The van der Waals surface area contributed by atoms with E-state index in [0.717, 1.165) is 31.0 Å². The molecule has 0 saturated carbocycles. The number of carbonyl (C=O) groups is 1. The number of rotatable bonds is 3. The molecule has 6 nitrogen and oxygen atoms in total. The zero-order valence-electron chi connectivity index (χ0n) is 15.0. The first kappa shape index (κ1) is 17.5. The molecule has 0 spiro atoms. The van der Waals surface area contributed by atoms with Gasteiger partial charge in [-0.3, -0.25) is 9.69 Å². The van der Waals surface area contributed by atoms with Crippen molar-refractivity contribution in [3.05, 3.63) is 47.3 Å². The van der Waals surface area contributed by atoms with Crippen molar-refractivity contribution < 1.29 is 14.4 Å². The Morgan fingerprint density at radius 1 is 1.20 bits per heavy atom. The van der Waals surface area contributed by atoms with E-state index in [0.29, 0.717) is 18.8 Å². The Morgan fingerprint density at radius 3 is 2.52 bits per heavy atom. The summed E-state index contributed by atoms with van der Waals surface area (Å²) in [4.78, 5) is 16.7. The Hall–Kier alpha value is -2.34. The molecule has 25 heavy (non-hydrogen) atoms. The van der Waals surface area contributed by atoms with Crippen LogP contribution in [0.3, 0.4) is 0 Å². The number of nitrogens with zero attached hydrogens (tertiary/aromatic N) is 3. The maximum Gasteiger partial charge on any atom is 0.276 e. The van der Waals surface area contributed by atoms with E-state index < -0.39 is 0 Å². The molecule has 1 aliphatic heterocycles. The van der Waals surface area contributed by atoms with E-state index in [2.05, 4.69) is 10.1 Å². The maximum atomic E-state index is 12.6. The van der Waals surface area contributed by atoms with Gasteiger partial charge in [0.1, 0.15) is 11.5 Å². The van der Waals surface area contributed by atoms with Crippen LogP contribution >= 0.6 is 0 Å². The normalized spacial score (nSPS) is 16.2. The molecule has 3 rings (SSSR count). The summed E-state index contributed by atoms with van der Waals surface area (Å²) in [6.07, 6.45) is 0. The monoisotopic (exact) mass is 343 g/mol. The zero-order chi connectivity index (χ0) is 18.0. The summed E-state index contributed by atoms with van der Waals surface area (Å²) in [5.74, 6) is 0.932. The second-order valence-corrected chi connectivity index (χ2v) is 7.56. The van der Waals surface area contributed by atoms with Crippen LogP contribution in [0.4, 0.5) is 0 Å². The Bertz CT molecular complexity index is 740. The maximum absolute atomic E-state index is 12.6. The van der Waals surface area contributed by atoms with Gasteiger partial charge in [-0.05, 0) is 17.7 Å². The van der Waals surface area contributed by atoms with Crippen molar-refractivity contribution >= 4 is 5.91 Å². The number of benzene rings is 1. The molecule has 6 heteroatoms. The van der Waals surface area contributed by atoms with Crippen LogP contribution in [0.25, 0.3) is 0 Å². The standard InChI is InChI=1S/C19H25N3O3/c1-19(2,3)17-12-16(20-25-17)18(24)22-9-7-21(8-10-22)13-14-5-4-6-15(23)11-14/h4-6,11-12,23H,7-10,13H2,1-3H3. The number of hydrogen-bond acceptors (Lipinski definition) is 5. The van der Waals surface area contributed by atoms with Gasteiger partial charge in [-0.15, -0.1) is 0 Å². The summed E-state index contributed by atoms with van der Waals surface area (Å²) in [6.45, 7) is 9.78. The lowest BCUT2D eigenvalue weighted by molar-refractivity contribution is 0.0618. The molecule has 1 N–H and O–H groups in total. The summed E-state index contributed by atoms with van der Waals surface area (Å²) in [7, 11) is 0. The molecule has 1 saturated heterocycles. The van der Waals surface area contributed by atoms with Crippen molar-refractivity contribution in [3.63, 3.8) is 0 Å². The van der Waals surface area contributed by atoms with Crippen LogP contribution in [0, 0.1) is 0 Å². The average molecular weight is 343 g/mol. The fraction of sp³-hybridized carbons (Fsp3) is 0.474. The van der Waals surface area contributed by atoms with E-state index >= 15 is 0 Å². The summed E-state index contributed by atoms with van der Waals surface area (Å²) in [5, 5.41) is 13.5. The minimum absolute atomic E-state index is 0.0729. The third-order valence-corrected chi connectivity index (χ3v) is 4.44. The second-order valence-electron chi connectivity index (χ2n) is 7.56. The molecular formula is C19H25N3O3. The predicted molar refractivity (Wildman–Crippen MR) is 94.5 cm³/mol. The fourth-order valence-electron chi connectivity index (χ4n) is 2.91. The van der Waals surface area contributed by atoms with Crippen molar-refractivity contribution in [1.29, 1.82) is 0 Å². The van der Waals surface area contributed by atoms with Crippen LogP contribution < -0.4 is 0 Å². The van der Waals surface area contributed by atoms with Crippen LogP contribution in [-0.4, -0.2) is 52.1 Å². The van der Waals surface area contributed by atoms with Crippen LogP contribution in [0.2, 0.25) is 0 Å². The third-order valence-electron chi connectivity index (χ3n) is 4.44. The molecule has 0 atom stereocenters. The van der Waals surface area contributed by atoms with E-state index in [4.69, 9.17) is 4.52 Å². The van der Waals surface area contributed by atoms with Crippen LogP contribution in [-0.2, 0) is 12.0 Å². The van der Waals surface area contributed by atoms with Gasteiger partial charge in [0.15, 0.2) is 5.69 Å². The molecule has 0 aliphatic carbocycles. The highest BCUT2D eigenvalue weighted by atomic mass is 16.5. The molecule has 1 aliphatic rings. The number of aromatic nitrogens is 1. The first-order valence-electron chi connectivity index (χ1n) is 8.60. The fourth-order valence-corrected chi connectivity index (χ4v) is 2.91. The Kier molecular flexibility index (Phi) is 4.81. The van der Waals surface area contributed by atoms with Crippen molar-refractivity contribution in [3.8, 4) is 5.75 Å². The molecule has 1 aromatic carbocycles. The Labute approximate surface area is 148 Å². The average Bonchev–Trinajstić information content (AvgIpc) is 3.05. The highest BCUT2D eigenvalue weighted by Crippen LogP contribution is 2.23. The third kappa shape index (κ3) is 4.20. The summed E-state index contributed by atoms with van der Waals surface area (Å²) in [5.41, 5.74) is 1.29. The van der Waals surface area contributed by atoms with Crippen molar-refractivity contribution in [2.45, 2.75) is 32.7 Å². The van der Waals surface area contributed by atoms with Gasteiger partial charge in [0.25, 0.3) is 5.91 Å². The molecule has 1 fully saturated rings. The van der Waals surface area contributed by atoms with Gasteiger partial charge in [0.2, 0.25) is 0 Å². The number of phenols is 1. The predicted octanol–water partition coefficient (Wildman–Crippen LogP) is 2.64. The largest absolute Gasteiger partial charge is 0.508 e. The van der Waals surface area contributed by atoms with Crippen molar-refractivity contribution in [2.75, 3.05) is 26.2 Å². The van der Waals surface area contributed by atoms with Gasteiger partial charge < -0.3 is 14.5 Å². The molecule has 1 aromatic heterocycles. The van der Waals surface area contributed by atoms with E-state index in [-0.39, 0.29) is 17.1 Å². The SMILES string of the molecule is CC(C)(C)c1cc(C(=O)N2CCN(Cc3cccc(O)c3)CC2)no1. The number of carbonyl (C=O) groups excluding carboxylic acids is 1. The number of aromatic hydroxyl groups is 1. The molecule has 2 heterocycles. The molecule has 2 aromatic rings. The van der Waals surface area contributed by atoms with E-state index in [1.54, 1.807) is 18.2 Å². The lowest BCUT2D eigenvalue weighted by atomic mass is 9.93. The quantitative estimate of drug-likeness (QED) is 0.928. The lowest BCUT2D eigenvalue weighted by Gasteiger charge is -2.34. The number of phenolic OH excluding ortho intramolecular Hbond substituents is 1. The molecule has 0 unspecified atom stereocenters. The second kappa shape index (κ2) is 6.88. The molecule has 0 bridgehead atoms. The van der Waals surface area contributed by atoms with Gasteiger partial charge in [-0.2, -0.15) is 0 Å². The topological polar surface area (TPSA) is 69.8 Å². The first-order valence-corrected chi connectivity index (χ1v) is 8.60. The van der Waals surface area contributed by atoms with E-state index in [9.17, 15) is 9.90 Å². The molecule has 134 valence electrons. The highest BCUT2D eigenvalue weighted by molar-refractivity contribution is 5.92. The van der Waals surface area contributed by atoms with E-state index in [1.165, 1.54) is 0 Å². The Morgan fingerprint density at radius 2 is 1.92 bits per heavy atom. The molecule has 0 radical (unpaired) electrons. The number of piperazine rings is 1. The number of hydrogen-bond donors (Lipinski definition) is 1. The van der Waals surface area contributed by atoms with Gasteiger partial charge in [0.05, 0.1) is 0 Å². The molecular weight excluding hydrogens is 318 g/mol. The molecule has 1 amide bonds. The van der Waals surface area contributed by atoms with Crippen LogP contribution in [0.5, 0.6) is 5.75 Å². The smallest absolute Gasteiger partial charge is 0.276 e. The van der Waals surface area contributed by atoms with Crippen molar-refractivity contribution in [2.24, 2.45) is 0 Å². The van der Waals surface area contributed by atoms with Crippen molar-refractivity contribution in [1.82, 2.24) is 15.0 Å². The van der Waals surface area contributed by atoms with Gasteiger partial charge in [-0.25, -0.2) is 0 Å². The number of amides is 1. The minimum atomic E-state index is -0.161. The lowest BCUT2D eigenvalue weighted by Crippen LogP contribution is -2.48. The highest BCUT2D eigenvalue weighted by Gasteiger charge is 2.27. The summed E-state index contributed by atoms with van der Waals surface area (Å²) in [6, 6.07) is 9.05. The van der Waals surface area contributed by atoms with Crippen LogP contribution in [0.1, 0.15) is 42.6 Å². The van der Waals surface area contributed by atoms with Crippen LogP contribution in [0.15, 0.2) is 34.9 Å². The van der Waals surface area contributed by atoms with Gasteiger partial charge >= 0.3 is 0 Å². The Balaban J connectivity index is 1.56. The zero-order valence-corrected chi connectivity index (χ0v) is 15.0. The summed E-state index contributed by atoms with van der Waals surface area (Å²) >= 11 is 0. The first-order chi connectivity index (χ1) is 11.8. The van der Waals surface area contributed by atoms with Gasteiger partial charge in [-0.1, -0.05) is 38.1 Å². The minimum Gasteiger partial charge on any atom is -0.508 e. The van der Waals surface area contributed by atoms with E-state index in [1.807, 2.05) is 37.8 Å². The summed E-state index contributed by atoms with van der Waals surface area (Å²) < 4.78 is 5.32.